The molecule has 158 valence electrons. The number of benzene rings is 3. The monoisotopic (exact) mass is 412 g/mol. The van der Waals surface area contributed by atoms with Crippen LogP contribution in [0.1, 0.15) is 54.2 Å². The normalized spacial score (nSPS) is 13.6. The Morgan fingerprint density at radius 2 is 1.65 bits per heavy atom. The lowest BCUT2D eigenvalue weighted by Crippen LogP contribution is -2.34. The van der Waals surface area contributed by atoms with E-state index in [1.165, 1.54) is 5.56 Å². The van der Waals surface area contributed by atoms with E-state index in [-0.39, 0.29) is 17.2 Å². The van der Waals surface area contributed by atoms with Gasteiger partial charge in [0.25, 0.3) is 5.91 Å². The minimum Gasteiger partial charge on any atom is -0.322 e. The van der Waals surface area contributed by atoms with Crippen LogP contribution in [0.15, 0.2) is 72.8 Å². The zero-order valence-corrected chi connectivity index (χ0v) is 18.3. The summed E-state index contributed by atoms with van der Waals surface area (Å²) in [6.07, 6.45) is 1.16. The van der Waals surface area contributed by atoms with Crippen LogP contribution in [0.2, 0.25) is 0 Å². The van der Waals surface area contributed by atoms with E-state index in [1.54, 1.807) is 0 Å². The zero-order chi connectivity index (χ0) is 22.0. The second-order valence-electron chi connectivity index (χ2n) is 9.09. The summed E-state index contributed by atoms with van der Waals surface area (Å²) in [4.78, 5) is 27.1. The maximum atomic E-state index is 12.7. The smallest absolute Gasteiger partial charge is 0.255 e. The van der Waals surface area contributed by atoms with Gasteiger partial charge in [0.2, 0.25) is 5.91 Å². The van der Waals surface area contributed by atoms with Crippen LogP contribution in [0.5, 0.6) is 0 Å². The molecule has 0 saturated heterocycles. The van der Waals surface area contributed by atoms with E-state index < -0.39 is 0 Å². The lowest BCUT2D eigenvalue weighted by Gasteiger charge is -2.30. The fraction of sp³-hybridized carbons (Fsp3) is 0.259. The van der Waals surface area contributed by atoms with Crippen molar-refractivity contribution in [3.05, 3.63) is 95.1 Å². The molecule has 0 saturated carbocycles. The van der Waals surface area contributed by atoms with Crippen LogP contribution in [0, 0.1) is 0 Å². The Kier molecular flexibility index (Phi) is 5.64. The van der Waals surface area contributed by atoms with E-state index in [9.17, 15) is 9.59 Å². The topological polar surface area (TPSA) is 49.4 Å². The second-order valence-corrected chi connectivity index (χ2v) is 9.09. The van der Waals surface area contributed by atoms with Gasteiger partial charge in [-0.3, -0.25) is 9.59 Å². The van der Waals surface area contributed by atoms with Crippen molar-refractivity contribution in [2.75, 3.05) is 10.2 Å². The first-order valence-corrected chi connectivity index (χ1v) is 10.7. The van der Waals surface area contributed by atoms with Crippen LogP contribution in [0.3, 0.4) is 0 Å². The molecule has 4 heteroatoms. The van der Waals surface area contributed by atoms with Gasteiger partial charge in [-0.2, -0.15) is 0 Å². The first-order valence-electron chi connectivity index (χ1n) is 10.7. The first-order chi connectivity index (χ1) is 14.8. The number of nitrogens with one attached hydrogen (secondary N) is 1. The standard InChI is InChI=1S/C27H28N2O2/c1-27(2,3)22-12-9-20(10-13-22)26(31)28-23-14-15-24-21(17-23)11-16-25(30)29(24)18-19-7-5-4-6-8-19/h4-10,12-15,17H,11,16,18H2,1-3H3,(H,28,31). The van der Waals surface area contributed by atoms with E-state index in [1.807, 2.05) is 77.7 Å². The maximum absolute atomic E-state index is 12.7. The van der Waals surface area contributed by atoms with Crippen molar-refractivity contribution in [2.24, 2.45) is 0 Å². The van der Waals surface area contributed by atoms with Gasteiger partial charge < -0.3 is 10.2 Å². The van der Waals surface area contributed by atoms with Crippen LogP contribution in [0.4, 0.5) is 11.4 Å². The van der Waals surface area contributed by atoms with Gasteiger partial charge in [0.1, 0.15) is 0 Å². The van der Waals surface area contributed by atoms with Crippen LogP contribution < -0.4 is 10.2 Å². The molecule has 0 bridgehead atoms. The molecule has 1 heterocycles. The highest BCUT2D eigenvalue weighted by Crippen LogP contribution is 2.32. The molecule has 3 aromatic rings. The van der Waals surface area contributed by atoms with Crippen molar-refractivity contribution >= 4 is 23.2 Å². The summed E-state index contributed by atoms with van der Waals surface area (Å²) in [5.41, 5.74) is 5.73. The molecule has 1 N–H and O–H groups in total. The predicted molar refractivity (Wildman–Crippen MR) is 125 cm³/mol. The molecule has 0 radical (unpaired) electrons. The number of rotatable bonds is 4. The third kappa shape index (κ3) is 4.69. The van der Waals surface area contributed by atoms with Gasteiger partial charge in [-0.1, -0.05) is 63.2 Å². The number of nitrogens with zero attached hydrogens (tertiary/aromatic N) is 1. The predicted octanol–water partition coefficient (Wildman–Crippen LogP) is 5.72. The molecule has 0 atom stereocenters. The van der Waals surface area contributed by atoms with E-state index in [4.69, 9.17) is 0 Å². The summed E-state index contributed by atoms with van der Waals surface area (Å²) >= 11 is 0. The van der Waals surface area contributed by atoms with Crippen LogP contribution in [0.25, 0.3) is 0 Å². The molecule has 4 nitrogen and oxygen atoms in total. The van der Waals surface area contributed by atoms with Crippen LogP contribution in [-0.4, -0.2) is 11.8 Å². The molecule has 0 unspecified atom stereocenters. The number of amides is 2. The Labute approximate surface area is 183 Å². The molecular weight excluding hydrogens is 384 g/mol. The largest absolute Gasteiger partial charge is 0.322 e. The number of carbonyl (C=O) groups excluding carboxylic acids is 2. The zero-order valence-electron chi connectivity index (χ0n) is 18.3. The number of anilines is 2. The van der Waals surface area contributed by atoms with E-state index in [2.05, 4.69) is 26.1 Å². The van der Waals surface area contributed by atoms with Crippen LogP contribution in [-0.2, 0) is 23.2 Å². The molecule has 31 heavy (non-hydrogen) atoms. The Balaban J connectivity index is 1.51. The third-order valence-electron chi connectivity index (χ3n) is 5.73. The molecule has 0 fully saturated rings. The van der Waals surface area contributed by atoms with E-state index >= 15 is 0 Å². The molecular formula is C27H28N2O2. The quantitative estimate of drug-likeness (QED) is 0.596. The third-order valence-corrected chi connectivity index (χ3v) is 5.73. The summed E-state index contributed by atoms with van der Waals surface area (Å²) in [5, 5.41) is 3.00. The first kappa shape index (κ1) is 20.9. The number of hydrogen-bond donors (Lipinski definition) is 1. The lowest BCUT2D eigenvalue weighted by atomic mass is 9.87. The van der Waals surface area contributed by atoms with Crippen molar-refractivity contribution in [3.63, 3.8) is 0 Å². The molecule has 2 amide bonds. The fourth-order valence-corrected chi connectivity index (χ4v) is 3.90. The van der Waals surface area contributed by atoms with Crippen molar-refractivity contribution in [2.45, 2.75) is 45.6 Å². The highest BCUT2D eigenvalue weighted by molar-refractivity contribution is 6.04. The van der Waals surface area contributed by atoms with Gasteiger partial charge in [-0.05, 0) is 58.9 Å². The van der Waals surface area contributed by atoms with Crippen LogP contribution >= 0.6 is 0 Å². The van der Waals surface area contributed by atoms with E-state index in [0.717, 1.165) is 22.5 Å². The lowest BCUT2D eigenvalue weighted by molar-refractivity contribution is -0.119. The summed E-state index contributed by atoms with van der Waals surface area (Å²) in [6.45, 7) is 7.02. The highest BCUT2D eigenvalue weighted by Gasteiger charge is 2.24. The Morgan fingerprint density at radius 3 is 2.32 bits per heavy atom. The second kappa shape index (κ2) is 8.38. The minimum atomic E-state index is -0.131. The Bertz CT molecular complexity index is 1100. The molecule has 0 spiro atoms. The van der Waals surface area contributed by atoms with Gasteiger partial charge in [-0.15, -0.1) is 0 Å². The summed E-state index contributed by atoms with van der Waals surface area (Å²) < 4.78 is 0. The Hall–Kier alpha value is -3.40. The fourth-order valence-electron chi connectivity index (χ4n) is 3.90. The van der Waals surface area contributed by atoms with Gasteiger partial charge in [0.15, 0.2) is 0 Å². The molecule has 0 aromatic heterocycles. The summed E-state index contributed by atoms with van der Waals surface area (Å²) in [5.74, 6) is 0.000475. The molecule has 4 rings (SSSR count). The average Bonchev–Trinajstić information content (AvgIpc) is 2.76. The summed E-state index contributed by atoms with van der Waals surface area (Å²) in [6, 6.07) is 23.6. The average molecular weight is 413 g/mol. The van der Waals surface area contributed by atoms with Crippen molar-refractivity contribution in [3.8, 4) is 0 Å². The molecule has 3 aromatic carbocycles. The maximum Gasteiger partial charge on any atom is 0.255 e. The minimum absolute atomic E-state index is 0.0521. The van der Waals surface area contributed by atoms with Crippen molar-refractivity contribution in [1.82, 2.24) is 0 Å². The van der Waals surface area contributed by atoms with Gasteiger partial charge >= 0.3 is 0 Å². The van der Waals surface area contributed by atoms with Crippen molar-refractivity contribution < 1.29 is 9.59 Å². The molecule has 0 aliphatic carbocycles. The van der Waals surface area contributed by atoms with Crippen molar-refractivity contribution in [1.29, 1.82) is 0 Å². The molecule has 1 aliphatic rings. The molecule has 1 aliphatic heterocycles. The number of hydrogen-bond acceptors (Lipinski definition) is 2. The van der Waals surface area contributed by atoms with Gasteiger partial charge in [0.05, 0.1) is 6.54 Å². The van der Waals surface area contributed by atoms with Gasteiger partial charge in [-0.25, -0.2) is 0 Å². The number of fused-ring (bicyclic) bond motifs is 1. The van der Waals surface area contributed by atoms with Gasteiger partial charge in [0, 0.05) is 23.4 Å². The van der Waals surface area contributed by atoms with E-state index in [0.29, 0.717) is 24.9 Å². The highest BCUT2D eigenvalue weighted by atomic mass is 16.2. The number of carbonyl (C=O) groups is 2. The SMILES string of the molecule is CC(C)(C)c1ccc(C(=O)Nc2ccc3c(c2)CCC(=O)N3Cc2ccccc2)cc1. The summed E-state index contributed by atoms with van der Waals surface area (Å²) in [7, 11) is 0. The number of aryl methyl sites for hydroxylation is 1. The Morgan fingerprint density at radius 1 is 0.935 bits per heavy atom.